The molecule has 3 aromatic heterocycles. The summed E-state index contributed by atoms with van der Waals surface area (Å²) in [7, 11) is 0. The number of ether oxygens (including phenoxy) is 1. The normalized spacial score (nSPS) is 11.1. The SMILES string of the molecule is c1ccc(Cn2cnc(COc3nn4c(-c5ccccc5)nnc4cc3-c3ccccc3)n2)cc1. The van der Waals surface area contributed by atoms with E-state index in [9.17, 15) is 0 Å². The molecule has 0 atom stereocenters. The summed E-state index contributed by atoms with van der Waals surface area (Å²) in [6.45, 7) is 0.831. The lowest BCUT2D eigenvalue weighted by Gasteiger charge is -2.10. The Kier molecular flexibility index (Phi) is 5.44. The van der Waals surface area contributed by atoms with E-state index in [-0.39, 0.29) is 6.61 Å². The van der Waals surface area contributed by atoms with Gasteiger partial charge in [0.15, 0.2) is 23.9 Å². The molecule has 0 saturated carbocycles. The van der Waals surface area contributed by atoms with Gasteiger partial charge in [-0.25, -0.2) is 9.67 Å². The van der Waals surface area contributed by atoms with E-state index >= 15 is 0 Å². The molecule has 0 bridgehead atoms. The van der Waals surface area contributed by atoms with Crippen molar-refractivity contribution in [2.45, 2.75) is 13.2 Å². The van der Waals surface area contributed by atoms with Crippen LogP contribution in [0.25, 0.3) is 28.2 Å². The minimum Gasteiger partial charge on any atom is -0.468 e. The molecule has 3 heterocycles. The largest absolute Gasteiger partial charge is 0.468 e. The van der Waals surface area contributed by atoms with Gasteiger partial charge in [0.25, 0.3) is 0 Å². The van der Waals surface area contributed by atoms with Crippen molar-refractivity contribution < 1.29 is 4.74 Å². The topological polar surface area (TPSA) is 83.0 Å². The summed E-state index contributed by atoms with van der Waals surface area (Å²) in [5.74, 6) is 1.68. The van der Waals surface area contributed by atoms with Crippen LogP contribution in [0.15, 0.2) is 103 Å². The Bertz CT molecular complexity index is 1560. The van der Waals surface area contributed by atoms with Gasteiger partial charge in [0, 0.05) is 11.1 Å². The maximum atomic E-state index is 6.18. The van der Waals surface area contributed by atoms with E-state index < -0.39 is 0 Å². The highest BCUT2D eigenvalue weighted by molar-refractivity contribution is 5.72. The van der Waals surface area contributed by atoms with Crippen LogP contribution in [-0.2, 0) is 13.2 Å². The summed E-state index contributed by atoms with van der Waals surface area (Å²) in [4.78, 5) is 4.41. The smallest absolute Gasteiger partial charge is 0.240 e. The first-order valence-corrected chi connectivity index (χ1v) is 11.3. The minimum atomic E-state index is 0.183. The standard InChI is InChI=1S/C27H21N7O/c1-4-10-20(11-5-1)17-33-19-28-24(31-33)18-35-27-23(21-12-6-2-7-13-21)16-25-29-30-26(34(25)32-27)22-14-8-3-9-15-22/h1-16,19H,17-18H2. The molecule has 6 aromatic rings. The van der Waals surface area contributed by atoms with E-state index in [0.717, 1.165) is 22.3 Å². The van der Waals surface area contributed by atoms with Crippen LogP contribution in [0.4, 0.5) is 0 Å². The Hall–Kier alpha value is -4.85. The number of fused-ring (bicyclic) bond motifs is 1. The van der Waals surface area contributed by atoms with Crippen molar-refractivity contribution in [2.24, 2.45) is 0 Å². The first kappa shape index (κ1) is 20.7. The average molecular weight is 460 g/mol. The second-order valence-electron chi connectivity index (χ2n) is 8.02. The van der Waals surface area contributed by atoms with Gasteiger partial charge in [0.2, 0.25) is 5.88 Å². The summed E-state index contributed by atoms with van der Waals surface area (Å²) in [5, 5.41) is 18.1. The van der Waals surface area contributed by atoms with Gasteiger partial charge in [-0.2, -0.15) is 9.61 Å². The third-order valence-electron chi connectivity index (χ3n) is 5.59. The highest BCUT2D eigenvalue weighted by atomic mass is 16.5. The van der Waals surface area contributed by atoms with Crippen molar-refractivity contribution in [3.8, 4) is 28.4 Å². The zero-order chi connectivity index (χ0) is 23.5. The number of hydrogen-bond donors (Lipinski definition) is 0. The third-order valence-corrected chi connectivity index (χ3v) is 5.59. The zero-order valence-electron chi connectivity index (χ0n) is 18.8. The summed E-state index contributed by atoms with van der Waals surface area (Å²) in [6, 6.07) is 31.9. The van der Waals surface area contributed by atoms with E-state index in [0.29, 0.717) is 29.7 Å². The fourth-order valence-electron chi connectivity index (χ4n) is 3.89. The van der Waals surface area contributed by atoms with Gasteiger partial charge in [-0.1, -0.05) is 91.0 Å². The van der Waals surface area contributed by atoms with Gasteiger partial charge in [-0.05, 0) is 17.2 Å². The third kappa shape index (κ3) is 4.37. The first-order chi connectivity index (χ1) is 17.3. The highest BCUT2D eigenvalue weighted by Gasteiger charge is 2.17. The molecule has 0 radical (unpaired) electrons. The Labute approximate surface area is 201 Å². The second-order valence-corrected chi connectivity index (χ2v) is 8.02. The van der Waals surface area contributed by atoms with Crippen LogP contribution in [0.5, 0.6) is 5.88 Å². The monoisotopic (exact) mass is 459 g/mol. The molecule has 0 aliphatic carbocycles. The van der Waals surface area contributed by atoms with Crippen LogP contribution in [0, 0.1) is 0 Å². The maximum absolute atomic E-state index is 6.18. The van der Waals surface area contributed by atoms with E-state index in [4.69, 9.17) is 9.84 Å². The number of aromatic nitrogens is 7. The fourth-order valence-corrected chi connectivity index (χ4v) is 3.89. The van der Waals surface area contributed by atoms with Crippen LogP contribution < -0.4 is 4.74 Å². The maximum Gasteiger partial charge on any atom is 0.240 e. The van der Waals surface area contributed by atoms with E-state index in [1.54, 1.807) is 15.5 Å². The van der Waals surface area contributed by atoms with Crippen LogP contribution in [0.3, 0.4) is 0 Å². The van der Waals surface area contributed by atoms with Crippen LogP contribution in [-0.4, -0.2) is 34.6 Å². The Morgan fingerprint density at radius 1 is 0.714 bits per heavy atom. The highest BCUT2D eigenvalue weighted by Crippen LogP contribution is 2.30. The van der Waals surface area contributed by atoms with E-state index in [1.165, 1.54) is 0 Å². The van der Waals surface area contributed by atoms with Gasteiger partial charge in [-0.3, -0.25) is 0 Å². The van der Waals surface area contributed by atoms with Crippen molar-refractivity contribution in [3.63, 3.8) is 0 Å². The lowest BCUT2D eigenvalue weighted by molar-refractivity contribution is 0.280. The van der Waals surface area contributed by atoms with E-state index in [2.05, 4.69) is 32.4 Å². The fraction of sp³-hybridized carbons (Fsp3) is 0.0741. The van der Waals surface area contributed by atoms with Crippen LogP contribution in [0.2, 0.25) is 0 Å². The molecule has 0 spiro atoms. The molecule has 6 rings (SSSR count). The van der Waals surface area contributed by atoms with Crippen molar-refractivity contribution in [1.29, 1.82) is 0 Å². The molecule has 0 aliphatic heterocycles. The van der Waals surface area contributed by atoms with Crippen molar-refractivity contribution in [2.75, 3.05) is 0 Å². The van der Waals surface area contributed by atoms with Crippen LogP contribution in [0.1, 0.15) is 11.4 Å². The molecule has 3 aromatic carbocycles. The average Bonchev–Trinajstić information content (AvgIpc) is 3.55. The Morgan fingerprint density at radius 2 is 1.40 bits per heavy atom. The Balaban J connectivity index is 1.33. The summed E-state index contributed by atoms with van der Waals surface area (Å²) in [5.41, 5.74) is 4.52. The molecule has 35 heavy (non-hydrogen) atoms. The van der Waals surface area contributed by atoms with Crippen molar-refractivity contribution in [3.05, 3.63) is 115 Å². The molecular formula is C27H21N7O. The van der Waals surface area contributed by atoms with Gasteiger partial charge in [-0.15, -0.1) is 15.3 Å². The Morgan fingerprint density at radius 3 is 2.14 bits per heavy atom. The minimum absolute atomic E-state index is 0.183. The summed E-state index contributed by atoms with van der Waals surface area (Å²) >= 11 is 0. The molecule has 8 heteroatoms. The predicted molar refractivity (Wildman–Crippen MR) is 132 cm³/mol. The molecule has 0 amide bonds. The van der Waals surface area contributed by atoms with Crippen LogP contribution >= 0.6 is 0 Å². The van der Waals surface area contributed by atoms with Gasteiger partial charge < -0.3 is 4.74 Å². The molecule has 8 nitrogen and oxygen atoms in total. The number of rotatable bonds is 7. The molecular weight excluding hydrogens is 438 g/mol. The van der Waals surface area contributed by atoms with Crippen molar-refractivity contribution >= 4 is 5.65 Å². The molecule has 0 unspecified atom stereocenters. The molecule has 0 fully saturated rings. The number of hydrogen-bond acceptors (Lipinski definition) is 6. The number of benzene rings is 3. The summed E-state index contributed by atoms with van der Waals surface area (Å²) in [6.07, 6.45) is 1.72. The van der Waals surface area contributed by atoms with Crippen molar-refractivity contribution in [1.82, 2.24) is 34.6 Å². The summed E-state index contributed by atoms with van der Waals surface area (Å²) < 4.78 is 9.69. The number of nitrogens with zero attached hydrogens (tertiary/aromatic N) is 7. The second kappa shape index (κ2) is 9.18. The zero-order valence-corrected chi connectivity index (χ0v) is 18.8. The quantitative estimate of drug-likeness (QED) is 0.345. The molecule has 170 valence electrons. The van der Waals surface area contributed by atoms with Gasteiger partial charge in [0.1, 0.15) is 6.33 Å². The molecule has 0 aliphatic rings. The lowest BCUT2D eigenvalue weighted by atomic mass is 10.1. The van der Waals surface area contributed by atoms with Gasteiger partial charge in [0.05, 0.1) is 6.54 Å². The predicted octanol–water partition coefficient (Wildman–Crippen LogP) is 4.68. The lowest BCUT2D eigenvalue weighted by Crippen LogP contribution is -2.06. The van der Waals surface area contributed by atoms with E-state index in [1.807, 2.05) is 84.9 Å². The molecule has 0 N–H and O–H groups in total. The molecule has 0 saturated heterocycles. The first-order valence-electron chi connectivity index (χ1n) is 11.3. The van der Waals surface area contributed by atoms with Gasteiger partial charge >= 0.3 is 0 Å².